The normalized spacial score (nSPS) is 14.3. The maximum Gasteiger partial charge on any atom is 0.323 e. The highest BCUT2D eigenvalue weighted by Gasteiger charge is 2.41. The Kier molecular flexibility index (Phi) is 7.20. The zero-order valence-electron chi connectivity index (χ0n) is 13.4. The van der Waals surface area contributed by atoms with Crippen molar-refractivity contribution in [2.45, 2.75) is 28.6 Å². The number of rotatable bonds is 8. The SMILES string of the molecule is O=C(O)C(Br)CC(Br)(Cc1ccccc1)C(=O)OCc1ccccc1. The van der Waals surface area contributed by atoms with Crippen molar-refractivity contribution in [2.75, 3.05) is 0 Å². The van der Waals surface area contributed by atoms with Gasteiger partial charge in [0, 0.05) is 0 Å². The minimum Gasteiger partial charge on any atom is -0.480 e. The minimum atomic E-state index is -1.13. The van der Waals surface area contributed by atoms with E-state index in [9.17, 15) is 14.7 Å². The molecular formula is C19H18Br2O4. The first kappa shape index (κ1) is 19.7. The van der Waals surface area contributed by atoms with Crippen molar-refractivity contribution in [3.63, 3.8) is 0 Å². The van der Waals surface area contributed by atoms with Gasteiger partial charge in [-0.15, -0.1) is 0 Å². The maximum absolute atomic E-state index is 12.7. The number of ether oxygens (including phenoxy) is 1. The second kappa shape index (κ2) is 9.15. The molecule has 0 aliphatic rings. The fourth-order valence-corrected chi connectivity index (χ4v) is 4.12. The molecule has 0 aliphatic heterocycles. The summed E-state index contributed by atoms with van der Waals surface area (Å²) >= 11 is 6.58. The number of carbonyl (C=O) groups excluding carboxylic acids is 1. The van der Waals surface area contributed by atoms with Crippen molar-refractivity contribution in [1.29, 1.82) is 0 Å². The second-order valence-corrected chi connectivity index (χ2v) is 8.32. The average molecular weight is 470 g/mol. The van der Waals surface area contributed by atoms with Crippen LogP contribution in [-0.2, 0) is 27.4 Å². The molecule has 0 fully saturated rings. The number of esters is 1. The number of carboxylic acids is 1. The van der Waals surface area contributed by atoms with Gasteiger partial charge in [0.15, 0.2) is 0 Å². The quantitative estimate of drug-likeness (QED) is 0.461. The van der Waals surface area contributed by atoms with Crippen LogP contribution in [0.15, 0.2) is 60.7 Å². The second-order valence-electron chi connectivity index (χ2n) is 5.70. The highest BCUT2D eigenvalue weighted by molar-refractivity contribution is 9.10. The third kappa shape index (κ3) is 5.97. The van der Waals surface area contributed by atoms with Gasteiger partial charge in [0.25, 0.3) is 0 Å². The Balaban J connectivity index is 2.14. The predicted molar refractivity (Wildman–Crippen MR) is 103 cm³/mol. The van der Waals surface area contributed by atoms with Gasteiger partial charge in [-0.3, -0.25) is 9.59 Å². The molecule has 0 amide bonds. The zero-order valence-corrected chi connectivity index (χ0v) is 16.6. The minimum absolute atomic E-state index is 0.0604. The van der Waals surface area contributed by atoms with Crippen LogP contribution in [0.5, 0.6) is 0 Å². The Bertz CT molecular complexity index is 706. The molecule has 1 N–H and O–H groups in total. The lowest BCUT2D eigenvalue weighted by atomic mass is 9.94. The summed E-state index contributed by atoms with van der Waals surface area (Å²) in [6.07, 6.45) is 0.391. The highest BCUT2D eigenvalue weighted by atomic mass is 79.9. The Morgan fingerprint density at radius 1 is 1.00 bits per heavy atom. The Morgan fingerprint density at radius 2 is 1.52 bits per heavy atom. The summed E-state index contributed by atoms with van der Waals surface area (Å²) in [5.74, 6) is -1.50. The summed E-state index contributed by atoms with van der Waals surface area (Å²) < 4.78 is 4.32. The van der Waals surface area contributed by atoms with Crippen LogP contribution in [0.25, 0.3) is 0 Å². The van der Waals surface area contributed by atoms with E-state index in [0.717, 1.165) is 11.1 Å². The Morgan fingerprint density at radius 3 is 2.04 bits per heavy atom. The molecule has 132 valence electrons. The van der Waals surface area contributed by atoms with Gasteiger partial charge < -0.3 is 9.84 Å². The molecule has 0 bridgehead atoms. The number of halogens is 2. The average Bonchev–Trinajstić information content (AvgIpc) is 2.61. The third-order valence-electron chi connectivity index (χ3n) is 3.68. The van der Waals surface area contributed by atoms with Crippen molar-refractivity contribution in [1.82, 2.24) is 0 Å². The molecule has 0 radical (unpaired) electrons. The molecule has 2 rings (SSSR count). The van der Waals surface area contributed by atoms with Gasteiger partial charge in [0.2, 0.25) is 0 Å². The summed E-state index contributed by atoms with van der Waals surface area (Å²) in [6.45, 7) is 0.141. The van der Waals surface area contributed by atoms with Gasteiger partial charge in [-0.05, 0) is 24.0 Å². The molecular weight excluding hydrogens is 452 g/mol. The molecule has 25 heavy (non-hydrogen) atoms. The number of hydrogen-bond donors (Lipinski definition) is 1. The number of hydrogen-bond acceptors (Lipinski definition) is 3. The van der Waals surface area contributed by atoms with Crippen molar-refractivity contribution >= 4 is 43.8 Å². The number of carboxylic acid groups (broad SMARTS) is 1. The number of benzene rings is 2. The first-order valence-corrected chi connectivity index (χ1v) is 9.42. The molecule has 0 aliphatic carbocycles. The largest absolute Gasteiger partial charge is 0.480 e. The first-order chi connectivity index (χ1) is 11.9. The molecule has 2 unspecified atom stereocenters. The van der Waals surface area contributed by atoms with Gasteiger partial charge in [-0.2, -0.15) is 0 Å². The molecule has 4 nitrogen and oxygen atoms in total. The van der Waals surface area contributed by atoms with Gasteiger partial charge in [0.05, 0.1) is 0 Å². The molecule has 0 aromatic heterocycles. The lowest BCUT2D eigenvalue weighted by Gasteiger charge is -2.27. The van der Waals surface area contributed by atoms with Gasteiger partial charge in [0.1, 0.15) is 15.8 Å². The first-order valence-electron chi connectivity index (χ1n) is 7.71. The van der Waals surface area contributed by atoms with Crippen molar-refractivity contribution in [3.8, 4) is 0 Å². The van der Waals surface area contributed by atoms with Crippen LogP contribution in [0.3, 0.4) is 0 Å². The van der Waals surface area contributed by atoms with Gasteiger partial charge in [-0.25, -0.2) is 0 Å². The fourth-order valence-electron chi connectivity index (χ4n) is 2.37. The fraction of sp³-hybridized carbons (Fsp3) is 0.263. The molecule has 0 saturated carbocycles. The van der Waals surface area contributed by atoms with E-state index in [4.69, 9.17) is 4.74 Å². The van der Waals surface area contributed by atoms with E-state index in [1.807, 2.05) is 60.7 Å². The summed E-state index contributed by atoms with van der Waals surface area (Å²) in [4.78, 5) is 23.1. The van der Waals surface area contributed by atoms with E-state index in [2.05, 4.69) is 31.9 Å². The van der Waals surface area contributed by atoms with Crippen molar-refractivity contribution < 1.29 is 19.4 Å². The summed E-state index contributed by atoms with van der Waals surface area (Å²) in [6, 6.07) is 18.8. The van der Waals surface area contributed by atoms with Crippen LogP contribution in [0, 0.1) is 0 Å². The summed E-state index contributed by atoms with van der Waals surface area (Å²) in [7, 11) is 0. The van der Waals surface area contributed by atoms with Crippen LogP contribution in [0.4, 0.5) is 0 Å². The molecule has 2 aromatic carbocycles. The van der Waals surface area contributed by atoms with Crippen LogP contribution in [0.2, 0.25) is 0 Å². The topological polar surface area (TPSA) is 63.6 Å². The van der Waals surface area contributed by atoms with Crippen molar-refractivity contribution in [3.05, 3.63) is 71.8 Å². The predicted octanol–water partition coefficient (Wildman–Crippen LogP) is 4.34. The lowest BCUT2D eigenvalue weighted by molar-refractivity contribution is -0.148. The van der Waals surface area contributed by atoms with Crippen molar-refractivity contribution in [2.24, 2.45) is 0 Å². The summed E-state index contributed by atoms with van der Waals surface area (Å²) in [5.41, 5.74) is 1.79. The number of carbonyl (C=O) groups is 2. The zero-order chi connectivity index (χ0) is 18.3. The van der Waals surface area contributed by atoms with Crippen LogP contribution < -0.4 is 0 Å². The number of alkyl halides is 2. The molecule has 0 spiro atoms. The van der Waals surface area contributed by atoms with E-state index in [0.29, 0.717) is 6.42 Å². The molecule has 2 aromatic rings. The third-order valence-corrected chi connectivity index (χ3v) is 5.32. The van der Waals surface area contributed by atoms with E-state index in [-0.39, 0.29) is 13.0 Å². The van der Waals surface area contributed by atoms with Gasteiger partial charge >= 0.3 is 11.9 Å². The summed E-state index contributed by atoms with van der Waals surface area (Å²) in [5, 5.41) is 9.18. The van der Waals surface area contributed by atoms with E-state index in [1.54, 1.807) is 0 Å². The Labute approximate surface area is 163 Å². The Hall–Kier alpha value is -1.66. The molecule has 6 heteroatoms. The smallest absolute Gasteiger partial charge is 0.323 e. The van der Waals surface area contributed by atoms with Crippen LogP contribution in [-0.4, -0.2) is 26.2 Å². The van der Waals surface area contributed by atoms with Crippen LogP contribution in [0.1, 0.15) is 17.5 Å². The monoisotopic (exact) mass is 468 g/mol. The lowest BCUT2D eigenvalue weighted by Crippen LogP contribution is -2.40. The maximum atomic E-state index is 12.7. The van der Waals surface area contributed by atoms with E-state index >= 15 is 0 Å². The van der Waals surface area contributed by atoms with Gasteiger partial charge in [-0.1, -0.05) is 92.5 Å². The van der Waals surface area contributed by atoms with E-state index < -0.39 is 21.1 Å². The number of aliphatic carboxylic acids is 1. The standard InChI is InChI=1S/C19H18Br2O4/c20-16(17(22)23)12-19(21,11-14-7-3-1-4-8-14)18(24)25-13-15-9-5-2-6-10-15/h1-10,16H,11-13H2,(H,22,23). The molecule has 0 saturated heterocycles. The molecule has 0 heterocycles. The van der Waals surface area contributed by atoms with E-state index in [1.165, 1.54) is 0 Å². The highest BCUT2D eigenvalue weighted by Crippen LogP contribution is 2.33. The van der Waals surface area contributed by atoms with Crippen LogP contribution >= 0.6 is 31.9 Å². The molecule has 2 atom stereocenters.